The Hall–Kier alpha value is -3.33. The molecule has 6 rings (SSSR count). The number of anilines is 2. The summed E-state index contributed by atoms with van der Waals surface area (Å²) in [5.41, 5.74) is 2.85. The van der Waals surface area contributed by atoms with Crippen LogP contribution in [0.25, 0.3) is 0 Å². The maximum atomic E-state index is 13.6. The Morgan fingerprint density at radius 3 is 2.57 bits per heavy atom. The van der Waals surface area contributed by atoms with Gasteiger partial charge in [-0.3, -0.25) is 24.3 Å². The quantitative estimate of drug-likeness (QED) is 0.0735. The van der Waals surface area contributed by atoms with Gasteiger partial charge in [0.1, 0.15) is 28.9 Å². The number of β-lactam (4-membered cyclic amide) rings is 1. The van der Waals surface area contributed by atoms with Crippen molar-refractivity contribution in [2.75, 3.05) is 29.2 Å². The third kappa shape index (κ3) is 8.53. The number of phenolic OH excluding ortho intramolecular Hbond substituents is 1. The molecule has 7 N–H and O–H groups in total. The van der Waals surface area contributed by atoms with E-state index < -0.39 is 46.8 Å². The number of amides is 4. The standard InChI is InChI=1S/C29H33N9O7S3.Na/c1-37-31-11-19(48-37)46-12-15-13-47-26-21(25(42)38(26)22(15)27(43)44)34-24(41)20(14-6-8-17(39)9-7-14)35-29(45)33-18-10-30-28(36-23(18)40)32-16-4-2-3-5-16;/h6-11,16,20-21,26,31,39H,2-5,12-13H2,1H3,(H,34,41)(H,43,44)(H2,33,35,45)(H2,30,32,36,40);/q;+1/p-1/t20-,21?,26-;/m1./s1. The van der Waals surface area contributed by atoms with Gasteiger partial charge in [-0.15, -0.1) is 23.5 Å². The molecule has 20 heteroatoms. The fourth-order valence-corrected chi connectivity index (χ4v) is 9.02. The third-order valence-electron chi connectivity index (χ3n) is 8.03. The van der Waals surface area contributed by atoms with Crippen LogP contribution in [-0.4, -0.2) is 84.2 Å². The van der Waals surface area contributed by atoms with Gasteiger partial charge < -0.3 is 41.7 Å². The van der Waals surface area contributed by atoms with E-state index in [2.05, 4.69) is 36.7 Å². The molecule has 4 aliphatic rings. The summed E-state index contributed by atoms with van der Waals surface area (Å²) in [4.78, 5) is 72.7. The summed E-state index contributed by atoms with van der Waals surface area (Å²) in [7, 11) is 1.84. The number of carboxylic acid groups (broad SMARTS) is 1. The Morgan fingerprint density at radius 1 is 1.18 bits per heavy atom. The second-order valence-electron chi connectivity index (χ2n) is 11.3. The number of H-pyrrole nitrogens is 1. The number of phenols is 1. The number of hydrogen-bond acceptors (Lipinski definition) is 14. The Morgan fingerprint density at radius 2 is 1.92 bits per heavy atom. The van der Waals surface area contributed by atoms with E-state index in [9.17, 15) is 34.2 Å². The van der Waals surface area contributed by atoms with Gasteiger partial charge in [0.25, 0.3) is 11.5 Å². The molecule has 3 aliphatic heterocycles. The molecule has 0 radical (unpaired) electrons. The van der Waals surface area contributed by atoms with E-state index in [1.807, 2.05) is 7.05 Å². The van der Waals surface area contributed by atoms with Gasteiger partial charge in [-0.2, -0.15) is 4.41 Å². The first kappa shape index (κ1) is 36.9. The number of nitrogens with zero attached hydrogens (tertiary/aromatic N) is 3. The smallest absolute Gasteiger partial charge is 0.543 e. The van der Waals surface area contributed by atoms with Gasteiger partial charge in [-0.1, -0.05) is 25.0 Å². The largest absolute Gasteiger partial charge is 1.00 e. The minimum absolute atomic E-state index is 0. The number of thioether (sulfide) groups is 2. The fourth-order valence-electron chi connectivity index (χ4n) is 5.65. The molecule has 2 fully saturated rings. The number of aliphatic carboxylic acids is 1. The van der Waals surface area contributed by atoms with E-state index >= 15 is 0 Å². The Labute approximate surface area is 315 Å². The molecule has 3 atom stereocenters. The molecule has 4 heterocycles. The van der Waals surface area contributed by atoms with Crippen molar-refractivity contribution < 1.29 is 58.9 Å². The molecule has 4 amide bonds. The summed E-state index contributed by atoms with van der Waals surface area (Å²) in [6.07, 6.45) is 7.14. The average molecular weight is 738 g/mol. The van der Waals surface area contributed by atoms with E-state index in [1.54, 1.807) is 10.6 Å². The normalized spacial score (nSPS) is 21.0. The molecule has 1 aromatic carbocycles. The van der Waals surface area contributed by atoms with E-state index in [-0.39, 0.29) is 64.2 Å². The number of hydrazine groups is 1. The molecular formula is C29H32N9NaO7S3. The van der Waals surface area contributed by atoms with Gasteiger partial charge in [0, 0.05) is 30.8 Å². The van der Waals surface area contributed by atoms with Crippen molar-refractivity contribution in [3.8, 4) is 5.75 Å². The van der Waals surface area contributed by atoms with Gasteiger partial charge in [0.2, 0.25) is 11.9 Å². The predicted molar refractivity (Wildman–Crippen MR) is 180 cm³/mol. The number of fused-ring (bicyclic) bond motifs is 1. The zero-order valence-corrected chi connectivity index (χ0v) is 30.9. The number of nitrogens with one attached hydrogen (secondary N) is 6. The van der Waals surface area contributed by atoms with Crippen LogP contribution in [-0.2, 0) is 14.4 Å². The van der Waals surface area contributed by atoms with Crippen molar-refractivity contribution in [3.05, 3.63) is 68.1 Å². The molecule has 1 saturated carbocycles. The number of carbonyl (C=O) groups is 4. The van der Waals surface area contributed by atoms with E-state index in [0.29, 0.717) is 17.1 Å². The maximum absolute atomic E-state index is 13.6. The van der Waals surface area contributed by atoms with Crippen LogP contribution in [0.3, 0.4) is 0 Å². The van der Waals surface area contributed by atoms with Crippen LogP contribution in [0.1, 0.15) is 37.3 Å². The molecule has 254 valence electrons. The number of benzene rings is 1. The molecule has 1 aromatic heterocycles. The summed E-state index contributed by atoms with van der Waals surface area (Å²) >= 11 is 4.19. The number of aromatic hydroxyl groups is 1. The number of carboxylic acids is 1. The molecule has 1 unspecified atom stereocenters. The topological polar surface area (TPSA) is 224 Å². The van der Waals surface area contributed by atoms with Crippen LogP contribution in [0.5, 0.6) is 5.75 Å². The summed E-state index contributed by atoms with van der Waals surface area (Å²) in [5, 5.41) is 32.0. The van der Waals surface area contributed by atoms with Gasteiger partial charge >= 0.3 is 35.6 Å². The zero-order valence-electron chi connectivity index (χ0n) is 26.5. The Balaban J connectivity index is 0.00000468. The molecular weight excluding hydrogens is 706 g/mol. The minimum atomic E-state index is -1.48. The van der Waals surface area contributed by atoms with Crippen molar-refractivity contribution in [2.24, 2.45) is 0 Å². The average Bonchev–Trinajstić information content (AvgIpc) is 3.74. The first-order valence-corrected chi connectivity index (χ1v) is 17.8. The van der Waals surface area contributed by atoms with Crippen LogP contribution in [0.15, 0.2) is 57.0 Å². The van der Waals surface area contributed by atoms with Crippen LogP contribution in [0.2, 0.25) is 0 Å². The third-order valence-corrected chi connectivity index (χ3v) is 11.5. The van der Waals surface area contributed by atoms with Gasteiger partial charge in [0.15, 0.2) is 0 Å². The van der Waals surface area contributed by atoms with Gasteiger partial charge in [-0.25, -0.2) is 9.78 Å². The second kappa shape index (κ2) is 16.1. The number of urea groups is 1. The van der Waals surface area contributed by atoms with Crippen molar-refractivity contribution in [3.63, 3.8) is 0 Å². The monoisotopic (exact) mass is 737 g/mol. The molecule has 16 nitrogen and oxygen atoms in total. The van der Waals surface area contributed by atoms with Crippen LogP contribution in [0, 0.1) is 0 Å². The molecule has 1 saturated heterocycles. The second-order valence-corrected chi connectivity index (χ2v) is 14.9. The van der Waals surface area contributed by atoms with Crippen LogP contribution < -0.4 is 66.9 Å². The summed E-state index contributed by atoms with van der Waals surface area (Å²) in [5.74, 6) is -2.02. The van der Waals surface area contributed by atoms with Crippen molar-refractivity contribution >= 4 is 70.9 Å². The number of aromatic amines is 1. The fraction of sp³-hybridized carbons (Fsp3) is 0.379. The summed E-state index contributed by atoms with van der Waals surface area (Å²) in [6.45, 7) is 0. The van der Waals surface area contributed by atoms with E-state index in [4.69, 9.17) is 0 Å². The number of hydrogen-bond donors (Lipinski definition) is 7. The minimum Gasteiger partial charge on any atom is -0.543 e. The Kier molecular flexibility index (Phi) is 12.2. The molecule has 2 aromatic rings. The molecule has 1 aliphatic carbocycles. The van der Waals surface area contributed by atoms with Crippen LogP contribution >= 0.6 is 35.5 Å². The van der Waals surface area contributed by atoms with Gasteiger partial charge in [0.05, 0.1) is 22.1 Å². The predicted octanol–water partition coefficient (Wildman–Crippen LogP) is -2.27. The summed E-state index contributed by atoms with van der Waals surface area (Å²) in [6, 6.07) is 2.39. The van der Waals surface area contributed by atoms with Crippen molar-refractivity contribution in [1.82, 2.24) is 35.3 Å². The molecule has 49 heavy (non-hydrogen) atoms. The number of carbonyl (C=O) groups excluding carboxylic acids is 4. The zero-order chi connectivity index (χ0) is 33.9. The maximum Gasteiger partial charge on any atom is 1.00 e. The SMILES string of the molecule is CN1NC=C(SCC2=C(C(=O)[O-])N3C(=O)C(NC(=O)[C@H](NC(=O)Nc4cnc(NC5CCCC5)[nH]c4=O)c4ccc(O)cc4)[C@H]3SC2)S1.[Na+]. The van der Waals surface area contributed by atoms with Crippen LogP contribution in [0.4, 0.5) is 16.4 Å². The number of aromatic nitrogens is 2. The van der Waals surface area contributed by atoms with Crippen molar-refractivity contribution in [2.45, 2.75) is 49.2 Å². The van der Waals surface area contributed by atoms with Crippen molar-refractivity contribution in [1.29, 1.82) is 0 Å². The molecule has 0 bridgehead atoms. The van der Waals surface area contributed by atoms with E-state index in [1.165, 1.54) is 65.9 Å². The number of rotatable bonds is 11. The van der Waals surface area contributed by atoms with Gasteiger partial charge in [-0.05, 0) is 48.1 Å². The molecule has 0 spiro atoms. The summed E-state index contributed by atoms with van der Waals surface area (Å²) < 4.78 is 2.72. The van der Waals surface area contributed by atoms with E-state index in [0.717, 1.165) is 34.8 Å². The Bertz CT molecular complexity index is 1740. The first-order chi connectivity index (χ1) is 23.1. The first-order valence-electron chi connectivity index (χ1n) is 15.0.